The number of carboxylic acid groups (broad SMARTS) is 2. The summed E-state index contributed by atoms with van der Waals surface area (Å²) in [5.74, 6) is -1.79. The molecule has 0 saturated heterocycles. The second kappa shape index (κ2) is 119. The molecule has 7 aromatic rings. The quantitative estimate of drug-likeness (QED) is 0.0674. The van der Waals surface area contributed by atoms with Crippen LogP contribution in [0.3, 0.4) is 0 Å². The molecule has 0 aliphatic heterocycles. The summed E-state index contributed by atoms with van der Waals surface area (Å²) in [6, 6.07) is 57.7. The predicted octanol–water partition coefficient (Wildman–Crippen LogP) is 37.8. The van der Waals surface area contributed by atoms with Gasteiger partial charge >= 0.3 is 76.8 Å². The summed E-state index contributed by atoms with van der Waals surface area (Å²) < 4.78 is 8.63. The second-order valence-electron chi connectivity index (χ2n) is 16.6. The number of carbonyl (C=O) groups is 2. The molecule has 0 radical (unpaired) electrons. The zero-order valence-electron chi connectivity index (χ0n) is 66.7. The van der Waals surface area contributed by atoms with Gasteiger partial charge in [-0.15, -0.1) is 0 Å². The number of hydrogen-bond donors (Lipinski definition) is 3. The Balaban J connectivity index is -0.0000000714. The molecule has 7 aromatic carbocycles. The summed E-state index contributed by atoms with van der Waals surface area (Å²) in [5, 5.41) is 34.9. The number of nitrogens with zero attached hydrogens (tertiary/aromatic N) is 1. The van der Waals surface area contributed by atoms with Gasteiger partial charge in [0, 0.05) is 27.7 Å². The van der Waals surface area contributed by atoms with Crippen LogP contribution in [0.2, 0.25) is 0 Å². The molecular formula is C82H127Br6I10NO5V-. The fourth-order valence-electron chi connectivity index (χ4n) is 5.50. The van der Waals surface area contributed by atoms with E-state index in [2.05, 4.69) is 423 Å². The number of unbranched alkanes of at least 4 members (excludes halogenated alkanes) is 2. The van der Waals surface area contributed by atoms with E-state index in [0.717, 1.165) is 27.3 Å². The van der Waals surface area contributed by atoms with Gasteiger partial charge in [0.2, 0.25) is 0 Å². The van der Waals surface area contributed by atoms with Crippen LogP contribution in [0, 0.1) is 25.7 Å². The van der Waals surface area contributed by atoms with E-state index in [1.165, 1.54) is 78.6 Å². The van der Waals surface area contributed by atoms with Crippen LogP contribution < -0.4 is 0 Å². The Labute approximate surface area is 828 Å². The zero-order chi connectivity index (χ0) is 84.3. The number of hydrogen-bond acceptors (Lipinski definition) is 4. The predicted molar refractivity (Wildman–Crippen MR) is 584 cm³/mol. The van der Waals surface area contributed by atoms with Crippen molar-refractivity contribution in [2.45, 2.75) is 217 Å². The van der Waals surface area contributed by atoms with Crippen molar-refractivity contribution in [2.24, 2.45) is 0 Å². The molecule has 0 amide bonds. The Bertz CT molecular complexity index is 2730. The summed E-state index contributed by atoms with van der Waals surface area (Å²) >= 11 is 43.8. The van der Waals surface area contributed by atoms with Gasteiger partial charge in [-0.3, -0.25) is 0 Å². The average molecular weight is 3010 g/mol. The van der Waals surface area contributed by atoms with Crippen molar-refractivity contribution in [2.75, 3.05) is 8.86 Å². The Kier molecular flexibility index (Phi) is 159. The van der Waals surface area contributed by atoms with E-state index in [9.17, 15) is 9.59 Å². The van der Waals surface area contributed by atoms with Crippen LogP contribution in [0.25, 0.3) is 0 Å². The Morgan fingerprint density at radius 1 is 0.467 bits per heavy atom. The molecule has 0 heterocycles. The topological polar surface area (TPSA) is 119 Å². The molecular weight excluding hydrogens is 2880 g/mol. The van der Waals surface area contributed by atoms with Crippen molar-refractivity contribution >= 4 is 326 Å². The molecule has 3 N–H and O–H groups in total. The van der Waals surface area contributed by atoms with Crippen LogP contribution in [0.1, 0.15) is 232 Å². The van der Waals surface area contributed by atoms with Crippen molar-refractivity contribution in [3.05, 3.63) is 250 Å². The van der Waals surface area contributed by atoms with Crippen molar-refractivity contribution in [1.82, 2.24) is 0 Å². The van der Waals surface area contributed by atoms with Crippen LogP contribution in [0.15, 0.2) is 198 Å². The molecule has 608 valence electrons. The van der Waals surface area contributed by atoms with Crippen LogP contribution in [-0.4, -0.2) is 37.5 Å². The van der Waals surface area contributed by atoms with E-state index < -0.39 is 11.9 Å². The summed E-state index contributed by atoms with van der Waals surface area (Å²) in [7, 11) is 0. The van der Waals surface area contributed by atoms with Gasteiger partial charge in [-0.1, -0.05) is 516 Å². The van der Waals surface area contributed by atoms with Crippen molar-refractivity contribution in [1.29, 1.82) is 5.26 Å². The maximum absolute atomic E-state index is 10.4. The van der Waals surface area contributed by atoms with E-state index in [4.69, 9.17) is 20.6 Å². The van der Waals surface area contributed by atoms with Gasteiger partial charge in [-0.25, -0.2) is 9.59 Å². The number of benzene rings is 7. The Hall–Kier alpha value is 3.69. The first-order valence-electron chi connectivity index (χ1n) is 34.6. The monoisotopic (exact) mass is 3000 g/mol. The maximum atomic E-state index is 10.4. The molecule has 0 bridgehead atoms. The fourth-order valence-corrected chi connectivity index (χ4v) is 8.56. The summed E-state index contributed by atoms with van der Waals surface area (Å²) in [6.07, 6.45) is 8.05. The summed E-state index contributed by atoms with van der Waals surface area (Å²) in [5.41, 5.74) is 8.25. The number of carboxylic acids is 2. The normalized spacial score (nSPS) is 8.28. The van der Waals surface area contributed by atoms with E-state index >= 15 is 0 Å². The van der Waals surface area contributed by atoms with Gasteiger partial charge in [-0.2, -0.15) is 5.26 Å². The molecule has 0 aromatic heterocycles. The van der Waals surface area contributed by atoms with Gasteiger partial charge < -0.3 is 22.7 Å². The van der Waals surface area contributed by atoms with Crippen molar-refractivity contribution in [3.8, 4) is 6.07 Å². The number of aliphatic hydroxyl groups excluding tert-OH is 1. The molecule has 7 rings (SSSR count). The summed E-state index contributed by atoms with van der Waals surface area (Å²) in [6.45, 7) is 47.2. The van der Waals surface area contributed by atoms with E-state index in [1.54, 1.807) is 54.6 Å². The fraction of sp³-hybridized carbons (Fsp3) is 0.439. The number of alkyl halides is 8. The number of aromatic carboxylic acids is 2. The van der Waals surface area contributed by atoms with Crippen LogP contribution in [0.4, 0.5) is 0 Å². The zero-order valence-corrected chi connectivity index (χ0v) is 99.2. The molecule has 105 heavy (non-hydrogen) atoms. The SMILES string of the molecule is BrCc1ccccc1Br.CC.CC.CC.CC.CC.CC.CC.CC.CC(I)(I)I.CC(I)I.CCCCc1ccccc1Br.CCCCc1ccccc1C.CCI.CCI.N#CCc1ccccc1Br.O=C(O)c1ccccc1.O=C(O)c1ccccc1Br.OCc1ccccc1Br.[CH3-].[I][V]([I])[I]. The molecule has 0 spiro atoms. The number of rotatable bonds is 11. The average Bonchev–Trinajstić information content (AvgIpc) is 0.916. The molecule has 23 heteroatoms. The van der Waals surface area contributed by atoms with Crippen LogP contribution in [-0.2, 0) is 36.1 Å². The van der Waals surface area contributed by atoms with Gasteiger partial charge in [0.25, 0.3) is 0 Å². The third kappa shape index (κ3) is 119. The van der Waals surface area contributed by atoms with Gasteiger partial charge in [-0.05, 0) is 153 Å². The number of halogens is 16. The third-order valence-electron chi connectivity index (χ3n) is 9.40. The van der Waals surface area contributed by atoms with E-state index in [-0.39, 0.29) is 19.0 Å². The van der Waals surface area contributed by atoms with E-state index in [0.29, 0.717) is 21.5 Å². The first-order chi connectivity index (χ1) is 49.5. The number of aryl methyl sites for hydroxylation is 3. The molecule has 0 atom stereocenters. The minimum atomic E-state index is -0.910. The van der Waals surface area contributed by atoms with Gasteiger partial charge in [0.15, 0.2) is 0 Å². The van der Waals surface area contributed by atoms with E-state index in [1.807, 2.05) is 178 Å². The molecule has 0 unspecified atom stereocenters. The molecule has 0 aliphatic rings. The van der Waals surface area contributed by atoms with Gasteiger partial charge in [0.1, 0.15) is -0.565 Å². The number of nitriles is 1. The van der Waals surface area contributed by atoms with Crippen LogP contribution in [0.5, 0.6) is 0 Å². The molecule has 6 nitrogen and oxygen atoms in total. The van der Waals surface area contributed by atoms with Gasteiger partial charge in [0.05, 0.1) is 32.2 Å². The Morgan fingerprint density at radius 2 is 0.714 bits per heavy atom. The minimum absolute atomic E-state index is 0. The first-order valence-corrected chi connectivity index (χ1v) is 61.9. The van der Waals surface area contributed by atoms with Crippen LogP contribution >= 0.6 is 314 Å². The first kappa shape index (κ1) is 141. The second-order valence-corrected chi connectivity index (χ2v) is 78.6. The van der Waals surface area contributed by atoms with Crippen molar-refractivity contribution in [3.63, 3.8) is 0 Å². The molecule has 0 aliphatic carbocycles. The molecule has 0 fully saturated rings. The Morgan fingerprint density at radius 3 is 0.933 bits per heavy atom. The standard InChI is InChI=1S/C11H16.C10H13Br.C8H6BrN.C7H6Br2.C7H5BrO2.C7H7BrO.C7H6O2.C2H3I3.C2H4I2.2C2H5I.8C2H6.CH3.3HI.V/c1-3-4-8-11-9-6-5-7-10(11)2;1-2-3-6-9-7-4-5-8-10(9)11;9-8-4-2-1-3-7(8)5-6-10;8-5-6-3-1-2-4-7(6)9;8-6-4-2-1-3-5(6)7(9)10;8-7-4-2-1-3-6(7)5-9;8-7(9)6-4-2-1-3-5-6;1-2(3,4)5;1-2(3)4;2*1-2-3;8*1-2;;;;;/h5-7,9H,3-4,8H2,1-2H3;4-5,7-8H,2-3,6H2,1H3;1-4H,5H2;1-4H,5H2;1-4H,(H,9,10);1-4,9H,5H2;1-5H,(H,8,9);1H3;2H,1H3;2*2H2,1H3;8*1-2H3;1H3;3*1H;/q;;;;;;;;;;;;;;;;;;;-1;;;;+3/p-3. The summed E-state index contributed by atoms with van der Waals surface area (Å²) in [4.78, 5) is 20.3. The third-order valence-corrected chi connectivity index (χ3v) is 13.8. The number of aliphatic hydroxyl groups is 1. The van der Waals surface area contributed by atoms with Crippen molar-refractivity contribution < 1.29 is 29.8 Å². The molecule has 0 saturated carbocycles.